The molecule has 0 aliphatic heterocycles. The molecule has 2 heterocycles. The number of hydrogen-bond donors (Lipinski definition) is 1. The number of ether oxygens (including phenoxy) is 1. The van der Waals surface area contributed by atoms with Crippen LogP contribution < -0.4 is 5.32 Å². The average molecular weight is 413 g/mol. The van der Waals surface area contributed by atoms with Crippen LogP contribution in [-0.2, 0) is 22.4 Å². The Labute approximate surface area is 171 Å². The first-order valence-corrected chi connectivity index (χ1v) is 11.0. The van der Waals surface area contributed by atoms with Gasteiger partial charge >= 0.3 is 5.97 Å². The summed E-state index contributed by atoms with van der Waals surface area (Å²) in [6.45, 7) is 2.10. The Kier molecular flexibility index (Phi) is 5.64. The second kappa shape index (κ2) is 8.32. The maximum absolute atomic E-state index is 12.4. The van der Waals surface area contributed by atoms with Crippen LogP contribution in [0.1, 0.15) is 34.1 Å². The number of pyridine rings is 1. The first kappa shape index (κ1) is 19.0. The first-order chi connectivity index (χ1) is 13.7. The van der Waals surface area contributed by atoms with Gasteiger partial charge in [0.05, 0.1) is 17.9 Å². The van der Waals surface area contributed by atoms with Gasteiger partial charge in [0, 0.05) is 26.8 Å². The van der Waals surface area contributed by atoms with Crippen LogP contribution in [0.3, 0.4) is 0 Å². The van der Waals surface area contributed by atoms with Gasteiger partial charge in [0.1, 0.15) is 5.03 Å². The summed E-state index contributed by atoms with van der Waals surface area (Å²) < 4.78 is 6.22. The number of aryl methyl sites for hydroxylation is 2. The maximum atomic E-state index is 12.4. The summed E-state index contributed by atoms with van der Waals surface area (Å²) in [5, 5.41) is 5.04. The highest BCUT2D eigenvalue weighted by Gasteiger charge is 2.20. The number of fused-ring (bicyclic) bond motifs is 3. The van der Waals surface area contributed by atoms with Crippen molar-refractivity contribution in [3.63, 3.8) is 0 Å². The fourth-order valence-corrected chi connectivity index (χ4v) is 5.57. The van der Waals surface area contributed by atoms with E-state index >= 15 is 0 Å². The van der Waals surface area contributed by atoms with Gasteiger partial charge in [-0.2, -0.15) is 0 Å². The molecule has 1 aromatic carbocycles. The molecule has 0 bridgehead atoms. The third kappa shape index (κ3) is 3.91. The number of rotatable bonds is 6. The third-order valence-electron chi connectivity index (χ3n) is 4.60. The molecule has 0 saturated carbocycles. The van der Waals surface area contributed by atoms with Crippen molar-refractivity contribution in [2.75, 3.05) is 17.7 Å². The van der Waals surface area contributed by atoms with Gasteiger partial charge in [-0.3, -0.25) is 4.79 Å². The predicted octanol–water partition coefficient (Wildman–Crippen LogP) is 4.69. The molecule has 1 aliphatic carbocycles. The molecule has 144 valence electrons. The topological polar surface area (TPSA) is 68.3 Å². The van der Waals surface area contributed by atoms with Crippen molar-refractivity contribution < 1.29 is 14.3 Å². The van der Waals surface area contributed by atoms with Gasteiger partial charge in [-0.15, -0.1) is 11.3 Å². The number of nitrogens with zero attached hydrogens (tertiary/aromatic N) is 1. The number of carbonyl (C=O) groups excluding carboxylic acids is 2. The Morgan fingerprint density at radius 1 is 1.21 bits per heavy atom. The molecule has 0 saturated heterocycles. The van der Waals surface area contributed by atoms with Crippen molar-refractivity contribution in [1.82, 2.24) is 4.98 Å². The number of carbonyl (C=O) groups is 2. The molecule has 5 nitrogen and oxygen atoms in total. The van der Waals surface area contributed by atoms with E-state index in [2.05, 4.69) is 16.4 Å². The van der Waals surface area contributed by atoms with Gasteiger partial charge in [0.25, 0.3) is 0 Å². The van der Waals surface area contributed by atoms with E-state index in [9.17, 15) is 9.59 Å². The molecule has 0 atom stereocenters. The van der Waals surface area contributed by atoms with Crippen molar-refractivity contribution in [3.05, 3.63) is 52.5 Å². The number of benzene rings is 1. The molecule has 1 aliphatic rings. The molecule has 0 spiro atoms. The monoisotopic (exact) mass is 412 g/mol. The van der Waals surface area contributed by atoms with Crippen molar-refractivity contribution in [3.8, 4) is 0 Å². The summed E-state index contributed by atoms with van der Waals surface area (Å²) in [5.74, 6) is -0.172. The number of thiophene rings is 1. The molecular formula is C21H20N2O3S2. The third-order valence-corrected chi connectivity index (χ3v) is 6.85. The molecule has 0 radical (unpaired) electrons. The standard InChI is InChI=1S/C21H20N2O3S2/c1-2-26-21(25)13-6-8-14(9-7-13)23-18(24)12-27-20-19-15-4-3-5-16(15)28-17(19)10-11-22-20/h6-11H,2-5,12H2,1H3,(H,23,24). The van der Waals surface area contributed by atoms with Gasteiger partial charge < -0.3 is 10.1 Å². The summed E-state index contributed by atoms with van der Waals surface area (Å²) in [4.78, 5) is 30.0. The average Bonchev–Trinajstić information content (AvgIpc) is 3.28. The zero-order valence-electron chi connectivity index (χ0n) is 15.5. The number of esters is 1. The van der Waals surface area contributed by atoms with E-state index < -0.39 is 0 Å². The molecule has 1 N–H and O–H groups in total. The lowest BCUT2D eigenvalue weighted by Gasteiger charge is -2.07. The summed E-state index contributed by atoms with van der Waals surface area (Å²) in [6.07, 6.45) is 5.29. The zero-order valence-corrected chi connectivity index (χ0v) is 17.1. The minimum Gasteiger partial charge on any atom is -0.462 e. The second-order valence-corrected chi connectivity index (χ2v) is 8.58. The van der Waals surface area contributed by atoms with Gasteiger partial charge in [-0.25, -0.2) is 9.78 Å². The van der Waals surface area contributed by atoms with Gasteiger partial charge in [-0.05, 0) is 62.1 Å². The molecule has 2 aromatic heterocycles. The van der Waals surface area contributed by atoms with Crippen LogP contribution in [0.4, 0.5) is 5.69 Å². The van der Waals surface area contributed by atoms with Crippen molar-refractivity contribution in [1.29, 1.82) is 0 Å². The van der Waals surface area contributed by atoms with Crippen LogP contribution >= 0.6 is 23.1 Å². The fraction of sp³-hybridized carbons (Fsp3) is 0.286. The van der Waals surface area contributed by atoms with Crippen molar-refractivity contribution in [2.24, 2.45) is 0 Å². The summed E-state index contributed by atoms with van der Waals surface area (Å²) in [7, 11) is 0. The minimum atomic E-state index is -0.363. The first-order valence-electron chi connectivity index (χ1n) is 9.25. The molecule has 4 rings (SSSR count). The maximum Gasteiger partial charge on any atom is 0.338 e. The Morgan fingerprint density at radius 2 is 2.04 bits per heavy atom. The highest BCUT2D eigenvalue weighted by molar-refractivity contribution is 8.00. The molecular weight excluding hydrogens is 392 g/mol. The van der Waals surface area contributed by atoms with Crippen LogP contribution in [-0.4, -0.2) is 29.2 Å². The summed E-state index contributed by atoms with van der Waals surface area (Å²) in [5.41, 5.74) is 2.54. The summed E-state index contributed by atoms with van der Waals surface area (Å²) >= 11 is 3.32. The molecule has 1 amide bonds. The predicted molar refractivity (Wildman–Crippen MR) is 113 cm³/mol. The Bertz CT molecular complexity index is 1030. The lowest BCUT2D eigenvalue weighted by atomic mass is 10.2. The molecule has 3 aromatic rings. The second-order valence-electron chi connectivity index (χ2n) is 6.48. The number of amides is 1. The van der Waals surface area contributed by atoms with Gasteiger partial charge in [-0.1, -0.05) is 11.8 Å². The minimum absolute atomic E-state index is 0.0976. The molecule has 0 unspecified atom stereocenters. The number of hydrogen-bond acceptors (Lipinski definition) is 6. The van der Waals surface area contributed by atoms with Crippen LogP contribution in [0, 0.1) is 0 Å². The van der Waals surface area contributed by atoms with E-state index in [4.69, 9.17) is 4.74 Å². The van der Waals surface area contributed by atoms with Crippen LogP contribution in [0.15, 0.2) is 41.6 Å². The van der Waals surface area contributed by atoms with Crippen LogP contribution in [0.5, 0.6) is 0 Å². The lowest BCUT2D eigenvalue weighted by molar-refractivity contribution is -0.113. The van der Waals surface area contributed by atoms with E-state index in [1.165, 1.54) is 38.7 Å². The molecule has 7 heteroatoms. The van der Waals surface area contributed by atoms with Gasteiger partial charge in [0.2, 0.25) is 5.91 Å². The number of thioether (sulfide) groups is 1. The SMILES string of the molecule is CCOC(=O)c1ccc(NC(=O)CSc2nccc3sc4c(c23)CCC4)cc1. The number of aromatic nitrogens is 1. The van der Waals surface area contributed by atoms with Crippen molar-refractivity contribution >= 4 is 50.7 Å². The largest absolute Gasteiger partial charge is 0.462 e. The number of nitrogens with one attached hydrogen (secondary N) is 1. The van der Waals surface area contributed by atoms with E-state index in [1.54, 1.807) is 31.2 Å². The molecule has 0 fully saturated rings. The highest BCUT2D eigenvalue weighted by Crippen LogP contribution is 2.40. The smallest absolute Gasteiger partial charge is 0.338 e. The van der Waals surface area contributed by atoms with E-state index in [0.29, 0.717) is 17.9 Å². The Balaban J connectivity index is 1.40. The Hall–Kier alpha value is -2.38. The van der Waals surface area contributed by atoms with Crippen molar-refractivity contribution in [2.45, 2.75) is 31.2 Å². The van der Waals surface area contributed by atoms with E-state index in [-0.39, 0.29) is 17.6 Å². The molecule has 28 heavy (non-hydrogen) atoms. The zero-order chi connectivity index (χ0) is 19.5. The van der Waals surface area contributed by atoms with Crippen LogP contribution in [0.2, 0.25) is 0 Å². The fourth-order valence-electron chi connectivity index (χ4n) is 3.36. The van der Waals surface area contributed by atoms with E-state index in [1.807, 2.05) is 17.5 Å². The van der Waals surface area contributed by atoms with Crippen LogP contribution in [0.25, 0.3) is 10.1 Å². The number of anilines is 1. The lowest BCUT2D eigenvalue weighted by Crippen LogP contribution is -2.14. The highest BCUT2D eigenvalue weighted by atomic mass is 32.2. The quantitative estimate of drug-likeness (QED) is 0.470. The van der Waals surface area contributed by atoms with E-state index in [0.717, 1.165) is 17.9 Å². The Morgan fingerprint density at radius 3 is 2.82 bits per heavy atom. The summed E-state index contributed by atoms with van der Waals surface area (Å²) in [6, 6.07) is 8.78. The van der Waals surface area contributed by atoms with Gasteiger partial charge in [0.15, 0.2) is 0 Å². The normalized spacial score (nSPS) is 12.8.